The first-order chi connectivity index (χ1) is 8.47. The van der Waals surface area contributed by atoms with Crippen LogP contribution in [0, 0.1) is 26.6 Å². The van der Waals surface area contributed by atoms with Crippen LogP contribution in [0.25, 0.3) is 0 Å². The van der Waals surface area contributed by atoms with E-state index < -0.39 is 5.82 Å². The quantitative estimate of drug-likeness (QED) is 0.626. The number of hydrogen-bond acceptors (Lipinski definition) is 5. The highest BCUT2D eigenvalue weighted by atomic mass is 35.5. The topological polar surface area (TPSA) is 51.6 Å². The molecule has 0 radical (unpaired) electrons. The van der Waals surface area contributed by atoms with Crippen LogP contribution in [0.1, 0.15) is 17.0 Å². The van der Waals surface area contributed by atoms with Crippen molar-refractivity contribution in [1.82, 2.24) is 19.9 Å². The zero-order valence-corrected chi connectivity index (χ0v) is 11.6. The molecule has 2 rings (SSSR count). The molecule has 0 aromatic carbocycles. The van der Waals surface area contributed by atoms with Gasteiger partial charge in [0, 0.05) is 11.4 Å². The van der Waals surface area contributed by atoms with E-state index in [1.807, 2.05) is 20.8 Å². The molecule has 0 fully saturated rings. The lowest BCUT2D eigenvalue weighted by molar-refractivity contribution is 0.578. The summed E-state index contributed by atoms with van der Waals surface area (Å²) in [5.74, 6) is -0.538. The Morgan fingerprint density at radius 3 is 2.33 bits per heavy atom. The van der Waals surface area contributed by atoms with Crippen molar-refractivity contribution >= 4 is 23.4 Å². The zero-order valence-electron chi connectivity index (χ0n) is 10.0. The number of nitrogens with zero attached hydrogens (tertiary/aromatic N) is 4. The molecule has 7 heteroatoms. The molecular formula is C11H10ClFN4S. The van der Waals surface area contributed by atoms with E-state index in [9.17, 15) is 4.39 Å². The Labute approximate surface area is 113 Å². The predicted octanol–water partition coefficient (Wildman–Crippen LogP) is 3.14. The molecule has 0 bridgehead atoms. The highest BCUT2D eigenvalue weighted by Crippen LogP contribution is 2.26. The molecule has 0 saturated heterocycles. The number of rotatable bonds is 2. The Kier molecular flexibility index (Phi) is 3.77. The van der Waals surface area contributed by atoms with Gasteiger partial charge in [-0.1, -0.05) is 0 Å². The van der Waals surface area contributed by atoms with Crippen molar-refractivity contribution in [3.05, 3.63) is 34.2 Å². The van der Waals surface area contributed by atoms with E-state index >= 15 is 0 Å². The van der Waals surface area contributed by atoms with Crippen molar-refractivity contribution < 1.29 is 4.39 Å². The molecule has 94 valence electrons. The maximum atomic E-state index is 13.5. The summed E-state index contributed by atoms with van der Waals surface area (Å²) in [4.78, 5) is 15.9. The van der Waals surface area contributed by atoms with Crippen molar-refractivity contribution in [1.29, 1.82) is 0 Å². The standard InChI is InChI=1S/C11H10ClFN4S/c1-5-6(2)15-11(16-7(5)3)18-9-8(13)4-14-10(12)17-9/h4H,1-3H3. The Morgan fingerprint density at radius 1 is 1.11 bits per heavy atom. The summed E-state index contributed by atoms with van der Waals surface area (Å²) >= 11 is 6.66. The first kappa shape index (κ1) is 13.2. The van der Waals surface area contributed by atoms with Gasteiger partial charge >= 0.3 is 0 Å². The number of aryl methyl sites for hydroxylation is 2. The van der Waals surface area contributed by atoms with E-state index in [-0.39, 0.29) is 10.3 Å². The molecule has 2 aromatic heterocycles. The predicted molar refractivity (Wildman–Crippen MR) is 67.4 cm³/mol. The Morgan fingerprint density at radius 2 is 1.72 bits per heavy atom. The molecule has 4 nitrogen and oxygen atoms in total. The minimum atomic E-state index is -0.538. The fraction of sp³-hybridized carbons (Fsp3) is 0.273. The van der Waals surface area contributed by atoms with Gasteiger partial charge in [-0.15, -0.1) is 0 Å². The molecule has 0 unspecified atom stereocenters. The lowest BCUT2D eigenvalue weighted by Crippen LogP contribution is -1.99. The van der Waals surface area contributed by atoms with Gasteiger partial charge < -0.3 is 0 Å². The lowest BCUT2D eigenvalue weighted by Gasteiger charge is -2.06. The monoisotopic (exact) mass is 284 g/mol. The van der Waals surface area contributed by atoms with Crippen molar-refractivity contribution in [3.8, 4) is 0 Å². The van der Waals surface area contributed by atoms with Gasteiger partial charge in [-0.3, -0.25) is 0 Å². The normalized spacial score (nSPS) is 10.7. The van der Waals surface area contributed by atoms with Gasteiger partial charge in [-0.2, -0.15) is 0 Å². The van der Waals surface area contributed by atoms with E-state index in [0.29, 0.717) is 5.16 Å². The molecule has 0 N–H and O–H groups in total. The first-order valence-corrected chi connectivity index (χ1v) is 6.34. The van der Waals surface area contributed by atoms with Crippen molar-refractivity contribution in [2.24, 2.45) is 0 Å². The summed E-state index contributed by atoms with van der Waals surface area (Å²) < 4.78 is 13.5. The third kappa shape index (κ3) is 2.76. The van der Waals surface area contributed by atoms with Crippen LogP contribution in [-0.4, -0.2) is 19.9 Å². The highest BCUT2D eigenvalue weighted by molar-refractivity contribution is 7.99. The summed E-state index contributed by atoms with van der Waals surface area (Å²) in [5, 5.41) is 0.571. The number of hydrogen-bond donors (Lipinski definition) is 0. The summed E-state index contributed by atoms with van der Waals surface area (Å²) in [6.07, 6.45) is 1.03. The van der Waals surface area contributed by atoms with Gasteiger partial charge in [0.2, 0.25) is 5.28 Å². The SMILES string of the molecule is Cc1nc(Sc2nc(Cl)ncc2F)nc(C)c1C. The van der Waals surface area contributed by atoms with Gasteiger partial charge in [0.25, 0.3) is 0 Å². The Hall–Kier alpha value is -1.27. The third-order valence-electron chi connectivity index (χ3n) is 2.48. The molecule has 2 heterocycles. The molecule has 0 aliphatic carbocycles. The lowest BCUT2D eigenvalue weighted by atomic mass is 10.2. The summed E-state index contributed by atoms with van der Waals surface area (Å²) in [6.45, 7) is 5.72. The molecule has 0 aliphatic heterocycles. The minimum Gasteiger partial charge on any atom is -0.227 e. The van der Waals surface area contributed by atoms with E-state index in [0.717, 1.165) is 34.9 Å². The van der Waals surface area contributed by atoms with Crippen LogP contribution in [0.4, 0.5) is 4.39 Å². The number of halogens is 2. The van der Waals surface area contributed by atoms with E-state index in [1.54, 1.807) is 0 Å². The zero-order chi connectivity index (χ0) is 13.3. The Bertz CT molecular complexity index is 583. The fourth-order valence-electron chi connectivity index (χ4n) is 1.28. The third-order valence-corrected chi connectivity index (χ3v) is 3.51. The minimum absolute atomic E-state index is 0.000504. The molecular weight excluding hydrogens is 275 g/mol. The maximum absolute atomic E-state index is 13.5. The highest BCUT2D eigenvalue weighted by Gasteiger charge is 2.12. The summed E-state index contributed by atoms with van der Waals surface area (Å²) in [7, 11) is 0. The van der Waals surface area contributed by atoms with Gasteiger partial charge in [0.15, 0.2) is 11.0 Å². The van der Waals surface area contributed by atoms with Crippen LogP contribution in [0.5, 0.6) is 0 Å². The first-order valence-electron chi connectivity index (χ1n) is 5.15. The van der Waals surface area contributed by atoms with Gasteiger partial charge in [0.05, 0.1) is 6.20 Å². The second-order valence-corrected chi connectivity index (χ2v) is 4.99. The molecule has 0 atom stereocenters. The van der Waals surface area contributed by atoms with Crippen LogP contribution < -0.4 is 0 Å². The van der Waals surface area contributed by atoms with Gasteiger partial charge in [0.1, 0.15) is 5.03 Å². The second-order valence-electron chi connectivity index (χ2n) is 3.70. The maximum Gasteiger partial charge on any atom is 0.223 e. The van der Waals surface area contributed by atoms with E-state index in [4.69, 9.17) is 11.6 Å². The van der Waals surface area contributed by atoms with Crippen LogP contribution in [-0.2, 0) is 0 Å². The molecule has 2 aromatic rings. The second kappa shape index (κ2) is 5.16. The largest absolute Gasteiger partial charge is 0.227 e. The molecule has 0 spiro atoms. The van der Waals surface area contributed by atoms with E-state index in [2.05, 4.69) is 19.9 Å². The molecule has 18 heavy (non-hydrogen) atoms. The van der Waals surface area contributed by atoms with Crippen LogP contribution in [0.15, 0.2) is 16.4 Å². The van der Waals surface area contributed by atoms with Crippen molar-refractivity contribution in [2.45, 2.75) is 31.0 Å². The average Bonchev–Trinajstić information content (AvgIpc) is 2.31. The number of aromatic nitrogens is 4. The van der Waals surface area contributed by atoms with Crippen LogP contribution >= 0.6 is 23.4 Å². The molecule has 0 amide bonds. The van der Waals surface area contributed by atoms with Crippen LogP contribution in [0.2, 0.25) is 5.28 Å². The average molecular weight is 285 g/mol. The summed E-state index contributed by atoms with van der Waals surface area (Å²) in [6, 6.07) is 0. The van der Waals surface area contributed by atoms with Crippen LogP contribution in [0.3, 0.4) is 0 Å². The smallest absolute Gasteiger partial charge is 0.223 e. The fourth-order valence-corrected chi connectivity index (χ4v) is 2.28. The van der Waals surface area contributed by atoms with Crippen molar-refractivity contribution in [3.63, 3.8) is 0 Å². The molecule has 0 aliphatic rings. The van der Waals surface area contributed by atoms with E-state index in [1.165, 1.54) is 0 Å². The van der Waals surface area contributed by atoms with Crippen molar-refractivity contribution in [2.75, 3.05) is 0 Å². The van der Waals surface area contributed by atoms with Gasteiger partial charge in [-0.05, 0) is 49.7 Å². The summed E-state index contributed by atoms with van der Waals surface area (Å²) in [5.41, 5.74) is 2.76. The Balaban J connectivity index is 2.37. The van der Waals surface area contributed by atoms with Gasteiger partial charge in [-0.25, -0.2) is 24.3 Å². The molecule has 0 saturated carbocycles.